The first-order chi connectivity index (χ1) is 14.1. The van der Waals surface area contributed by atoms with Crippen molar-refractivity contribution in [2.45, 2.75) is 75.7 Å². The van der Waals surface area contributed by atoms with E-state index in [1.54, 1.807) is 6.92 Å². The molecule has 4 fully saturated rings. The van der Waals surface area contributed by atoms with Gasteiger partial charge >= 0.3 is 5.97 Å². The second kappa shape index (κ2) is 8.12. The lowest BCUT2D eigenvalue weighted by molar-refractivity contribution is -0.313. The first kappa shape index (κ1) is 22.1. The van der Waals surface area contributed by atoms with Crippen LogP contribution in [0, 0.1) is 29.6 Å². The molecule has 0 aromatic carbocycles. The van der Waals surface area contributed by atoms with Gasteiger partial charge in [-0.3, -0.25) is 4.79 Å². The van der Waals surface area contributed by atoms with E-state index >= 15 is 0 Å². The van der Waals surface area contributed by atoms with Gasteiger partial charge in [0.15, 0.2) is 6.29 Å². The van der Waals surface area contributed by atoms with Crippen LogP contribution in [0.4, 0.5) is 0 Å². The van der Waals surface area contributed by atoms with Gasteiger partial charge < -0.3 is 39.7 Å². The summed E-state index contributed by atoms with van der Waals surface area (Å²) in [5, 5.41) is 50.4. The number of fused-ring (bicyclic) bond motifs is 3. The summed E-state index contributed by atoms with van der Waals surface area (Å²) >= 11 is 0. The van der Waals surface area contributed by atoms with Gasteiger partial charge in [0.2, 0.25) is 0 Å². The summed E-state index contributed by atoms with van der Waals surface area (Å²) in [6.07, 6.45) is -7.25. The van der Waals surface area contributed by atoms with Gasteiger partial charge in [-0.1, -0.05) is 26.0 Å². The third-order valence-corrected chi connectivity index (χ3v) is 7.70. The van der Waals surface area contributed by atoms with Crippen molar-refractivity contribution in [1.82, 2.24) is 0 Å². The van der Waals surface area contributed by atoms with Gasteiger partial charge in [0, 0.05) is 11.8 Å². The average molecular weight is 428 g/mol. The van der Waals surface area contributed by atoms with Gasteiger partial charge in [0.1, 0.15) is 30.5 Å². The molecule has 2 heterocycles. The third kappa shape index (κ3) is 3.40. The van der Waals surface area contributed by atoms with Crippen LogP contribution in [0.5, 0.6) is 0 Å². The molecule has 2 saturated heterocycles. The van der Waals surface area contributed by atoms with E-state index in [0.717, 1.165) is 5.57 Å². The minimum absolute atomic E-state index is 0.0300. The van der Waals surface area contributed by atoms with Crippen LogP contribution in [0.3, 0.4) is 0 Å². The van der Waals surface area contributed by atoms with Crippen molar-refractivity contribution in [2.24, 2.45) is 29.6 Å². The molecule has 0 bridgehead atoms. The molecule has 4 aliphatic rings. The van der Waals surface area contributed by atoms with Gasteiger partial charge in [0.25, 0.3) is 0 Å². The second-order valence-electron chi connectivity index (χ2n) is 9.35. The summed E-state index contributed by atoms with van der Waals surface area (Å²) < 4.78 is 17.2. The number of hydrogen-bond acceptors (Lipinski definition) is 9. The normalized spacial score (nSPS) is 53.8. The molecule has 13 atom stereocenters. The molecule has 9 heteroatoms. The number of carbonyl (C=O) groups is 1. The van der Waals surface area contributed by atoms with Crippen LogP contribution < -0.4 is 0 Å². The zero-order chi connectivity index (χ0) is 21.9. The monoisotopic (exact) mass is 428 g/mol. The molecule has 0 amide bonds. The molecule has 0 spiro atoms. The molecule has 30 heavy (non-hydrogen) atoms. The Kier molecular flexibility index (Phi) is 6.00. The van der Waals surface area contributed by atoms with E-state index < -0.39 is 55.4 Å². The van der Waals surface area contributed by atoms with Crippen LogP contribution in [0.25, 0.3) is 0 Å². The molecule has 170 valence electrons. The Bertz CT molecular complexity index is 681. The molecule has 2 aliphatic heterocycles. The van der Waals surface area contributed by atoms with Crippen molar-refractivity contribution in [3.05, 3.63) is 12.2 Å². The lowest BCUT2D eigenvalue weighted by Gasteiger charge is -2.41. The predicted molar refractivity (Wildman–Crippen MR) is 102 cm³/mol. The fraction of sp³-hybridized carbons (Fsp3) is 0.857. The van der Waals surface area contributed by atoms with E-state index in [2.05, 4.69) is 6.58 Å². The number of rotatable bonds is 3. The Balaban J connectivity index is 1.54. The molecule has 4 rings (SSSR count). The molecule has 5 N–H and O–H groups in total. The van der Waals surface area contributed by atoms with Crippen molar-refractivity contribution in [1.29, 1.82) is 0 Å². The van der Waals surface area contributed by atoms with Crippen LogP contribution in [0.2, 0.25) is 0 Å². The van der Waals surface area contributed by atoms with Crippen molar-refractivity contribution in [3.63, 3.8) is 0 Å². The van der Waals surface area contributed by atoms with Crippen LogP contribution in [0.15, 0.2) is 12.2 Å². The number of carbonyl (C=O) groups excluding carboxylic acids is 1. The summed E-state index contributed by atoms with van der Waals surface area (Å²) in [4.78, 5) is 12.2. The molecule has 0 aromatic rings. The highest BCUT2D eigenvalue weighted by atomic mass is 16.7. The fourth-order valence-electron chi connectivity index (χ4n) is 5.94. The lowest BCUT2D eigenvalue weighted by atomic mass is 9.77. The van der Waals surface area contributed by atoms with Crippen LogP contribution in [-0.4, -0.2) is 87.1 Å². The van der Waals surface area contributed by atoms with E-state index in [1.165, 1.54) is 0 Å². The number of ether oxygens (including phenoxy) is 3. The maximum atomic E-state index is 12.2. The van der Waals surface area contributed by atoms with Gasteiger partial charge in [-0.25, -0.2) is 0 Å². The number of aliphatic hydroxyl groups is 5. The maximum absolute atomic E-state index is 12.2. The average Bonchev–Trinajstić information content (AvgIpc) is 3.15. The van der Waals surface area contributed by atoms with E-state index in [9.17, 15) is 30.3 Å². The SMILES string of the molecule is C=C1C[C@@H](O)[C@@H]2[C@H](OC(=O)[C@@H]2C)[C@H]2[C@@H](C)[C@@H](O[C@@H]3O[C@H](CO)[C@@H](O)[C@H](O)[C@H]3O)C[C@@H]12. The zero-order valence-electron chi connectivity index (χ0n) is 17.2. The Morgan fingerprint density at radius 2 is 1.80 bits per heavy atom. The Labute approximate surface area is 175 Å². The summed E-state index contributed by atoms with van der Waals surface area (Å²) in [5.74, 6) is -1.23. The number of aliphatic hydroxyl groups excluding tert-OH is 5. The van der Waals surface area contributed by atoms with Gasteiger partial charge in [-0.05, 0) is 24.7 Å². The maximum Gasteiger partial charge on any atom is 0.309 e. The lowest BCUT2D eigenvalue weighted by Crippen LogP contribution is -2.59. The molecule has 0 aromatic heterocycles. The quantitative estimate of drug-likeness (QED) is 0.280. The number of hydrogen-bond donors (Lipinski definition) is 5. The first-order valence-corrected chi connectivity index (χ1v) is 10.7. The van der Waals surface area contributed by atoms with Crippen molar-refractivity contribution in [3.8, 4) is 0 Å². The van der Waals surface area contributed by atoms with Gasteiger partial charge in [-0.15, -0.1) is 0 Å². The minimum Gasteiger partial charge on any atom is -0.461 e. The third-order valence-electron chi connectivity index (χ3n) is 7.70. The van der Waals surface area contributed by atoms with Gasteiger partial charge in [0.05, 0.1) is 24.7 Å². The largest absolute Gasteiger partial charge is 0.461 e. The van der Waals surface area contributed by atoms with E-state index in [0.29, 0.717) is 12.8 Å². The molecule has 0 unspecified atom stereocenters. The molecule has 9 nitrogen and oxygen atoms in total. The Morgan fingerprint density at radius 1 is 1.10 bits per heavy atom. The standard InChI is InChI=1S/C21H32O9/c1-7-4-11(23)15-9(3)20(27)30-19(15)14-8(2)12(5-10(7)14)28-21-18(26)17(25)16(24)13(6-22)29-21/h8-19,21-26H,1,4-6H2,2-3H3/t8-,9+,10-,11+,12-,13+,14-,15+,16+,17-,18+,19+,21+/m0/s1. The fourth-order valence-corrected chi connectivity index (χ4v) is 5.94. The molecule has 2 saturated carbocycles. The predicted octanol–water partition coefficient (Wildman–Crippen LogP) is -1.06. The Hall–Kier alpha value is -1.07. The summed E-state index contributed by atoms with van der Waals surface area (Å²) in [6.45, 7) is 7.40. The van der Waals surface area contributed by atoms with Crippen molar-refractivity contribution < 1.29 is 44.5 Å². The zero-order valence-corrected chi connectivity index (χ0v) is 17.2. The van der Waals surface area contributed by atoms with Crippen molar-refractivity contribution >= 4 is 5.97 Å². The van der Waals surface area contributed by atoms with E-state index in [4.69, 9.17) is 14.2 Å². The molecule has 0 radical (unpaired) electrons. The van der Waals surface area contributed by atoms with Crippen LogP contribution in [-0.2, 0) is 19.0 Å². The van der Waals surface area contributed by atoms with Crippen LogP contribution in [0.1, 0.15) is 26.7 Å². The number of esters is 1. The van der Waals surface area contributed by atoms with Gasteiger partial charge in [-0.2, -0.15) is 0 Å². The summed E-state index contributed by atoms with van der Waals surface area (Å²) in [5.41, 5.74) is 0.886. The molecule has 2 aliphatic carbocycles. The second-order valence-corrected chi connectivity index (χ2v) is 9.35. The molecular weight excluding hydrogens is 396 g/mol. The highest BCUT2D eigenvalue weighted by Gasteiger charge is 2.59. The van der Waals surface area contributed by atoms with Crippen LogP contribution >= 0.6 is 0 Å². The minimum atomic E-state index is -1.51. The summed E-state index contributed by atoms with van der Waals surface area (Å²) in [6, 6.07) is 0. The topological polar surface area (TPSA) is 146 Å². The smallest absolute Gasteiger partial charge is 0.309 e. The van der Waals surface area contributed by atoms with E-state index in [-0.39, 0.29) is 35.7 Å². The van der Waals surface area contributed by atoms with Crippen molar-refractivity contribution in [2.75, 3.05) is 6.61 Å². The summed E-state index contributed by atoms with van der Waals surface area (Å²) in [7, 11) is 0. The molecular formula is C21H32O9. The first-order valence-electron chi connectivity index (χ1n) is 10.7. The van der Waals surface area contributed by atoms with E-state index in [1.807, 2.05) is 6.92 Å². The highest BCUT2D eigenvalue weighted by molar-refractivity contribution is 5.75. The Morgan fingerprint density at radius 3 is 2.47 bits per heavy atom. The highest BCUT2D eigenvalue weighted by Crippen LogP contribution is 2.53.